The maximum Gasteiger partial charge on any atom is 0.373 e. The van der Waals surface area contributed by atoms with Gasteiger partial charge in [0.05, 0.1) is 31.8 Å². The van der Waals surface area contributed by atoms with Gasteiger partial charge in [0.2, 0.25) is 0 Å². The van der Waals surface area contributed by atoms with E-state index in [1.165, 1.54) is 26.0 Å². The van der Waals surface area contributed by atoms with Crippen LogP contribution in [0.2, 0.25) is 0 Å². The molecule has 10 heteroatoms. The van der Waals surface area contributed by atoms with Gasteiger partial charge in [-0.15, -0.1) is 0 Å². The minimum atomic E-state index is -0.772. The third kappa shape index (κ3) is 10.8. The maximum absolute atomic E-state index is 12.5. The topological polar surface area (TPSA) is 138 Å². The van der Waals surface area contributed by atoms with Gasteiger partial charge >= 0.3 is 17.9 Å². The molecule has 0 saturated carbocycles. The fourth-order valence-corrected chi connectivity index (χ4v) is 3.82. The molecule has 0 aliphatic heterocycles. The van der Waals surface area contributed by atoms with Gasteiger partial charge in [-0.05, 0) is 82.2 Å². The van der Waals surface area contributed by atoms with Crippen molar-refractivity contribution in [1.82, 2.24) is 0 Å². The van der Waals surface area contributed by atoms with Gasteiger partial charge in [-0.3, -0.25) is 0 Å². The van der Waals surface area contributed by atoms with Crippen LogP contribution < -0.4 is 9.47 Å². The monoisotopic (exact) mass is 610 g/mol. The van der Waals surface area contributed by atoms with E-state index in [1.54, 1.807) is 19.9 Å². The number of benzene rings is 2. The summed E-state index contributed by atoms with van der Waals surface area (Å²) in [6, 6.07) is 14.9. The number of aliphatic hydroxyl groups excluding tert-OH is 2. The summed E-state index contributed by atoms with van der Waals surface area (Å²) in [6.07, 6.45) is 5.13. The smallest absolute Gasteiger partial charge is 0.373 e. The first-order valence-electron chi connectivity index (χ1n) is 14.4. The molecule has 0 radical (unpaired) electrons. The molecule has 0 saturated heterocycles. The zero-order valence-electron chi connectivity index (χ0n) is 26.0. The number of carbonyl (C=O) groups is 3. The average Bonchev–Trinajstić information content (AvgIpc) is 3.05. The number of hydrogen-bond acceptors (Lipinski definition) is 10. The normalized spacial score (nSPS) is 13.4. The molecule has 2 aromatic rings. The van der Waals surface area contributed by atoms with Gasteiger partial charge < -0.3 is 33.9 Å². The summed E-state index contributed by atoms with van der Waals surface area (Å²) >= 11 is 0. The minimum absolute atomic E-state index is 0.0895. The van der Waals surface area contributed by atoms with Gasteiger partial charge in [0.25, 0.3) is 0 Å². The lowest BCUT2D eigenvalue weighted by Crippen LogP contribution is -2.31. The number of ether oxygens (including phenoxy) is 5. The Bertz CT molecular complexity index is 1240. The van der Waals surface area contributed by atoms with Gasteiger partial charge in [0.1, 0.15) is 18.1 Å². The van der Waals surface area contributed by atoms with Crippen LogP contribution in [0.15, 0.2) is 83.9 Å². The van der Waals surface area contributed by atoms with Crippen LogP contribution >= 0.6 is 0 Å². The molecule has 0 spiro atoms. The second-order valence-electron chi connectivity index (χ2n) is 9.95. The van der Waals surface area contributed by atoms with Crippen LogP contribution in [-0.4, -0.2) is 61.2 Å². The van der Waals surface area contributed by atoms with Crippen molar-refractivity contribution in [3.8, 4) is 11.5 Å². The highest BCUT2D eigenvalue weighted by Gasteiger charge is 2.31. The molecule has 0 aliphatic carbocycles. The Kier molecular flexibility index (Phi) is 14.5. The van der Waals surface area contributed by atoms with E-state index in [0.717, 1.165) is 11.1 Å². The number of esters is 3. The largest absolute Gasteiger partial charge is 0.502 e. The summed E-state index contributed by atoms with van der Waals surface area (Å²) in [5.74, 6) is -1.56. The number of rotatable bonds is 17. The van der Waals surface area contributed by atoms with Crippen LogP contribution in [0.5, 0.6) is 11.5 Å². The van der Waals surface area contributed by atoms with Crippen molar-refractivity contribution in [2.45, 2.75) is 52.9 Å². The molecular weight excluding hydrogens is 568 g/mol. The standard InChI is InChI=1S/C34H42O10/c1-6-24(4)31(37)44-23-34(5,25-11-15-27(16-12-25)40-19-9-21-42-32(38)29(35)7-2)26-13-17-28(18-14-26)41-20-10-22-43-33(39)30(36)8-3/h6-8,11-18,35-36H,9-10,19-23H2,1-5H3. The first-order chi connectivity index (χ1) is 21.0. The molecule has 44 heavy (non-hydrogen) atoms. The van der Waals surface area contributed by atoms with Gasteiger partial charge in [0, 0.05) is 18.4 Å². The van der Waals surface area contributed by atoms with Crippen molar-refractivity contribution in [1.29, 1.82) is 0 Å². The molecule has 0 aromatic heterocycles. The van der Waals surface area contributed by atoms with Crippen LogP contribution in [0.25, 0.3) is 0 Å². The highest BCUT2D eigenvalue weighted by Crippen LogP contribution is 2.35. The third-order valence-electron chi connectivity index (χ3n) is 6.78. The fraction of sp³-hybridized carbons (Fsp3) is 0.382. The van der Waals surface area contributed by atoms with E-state index < -0.39 is 34.8 Å². The van der Waals surface area contributed by atoms with Crippen LogP contribution in [0, 0.1) is 0 Å². The molecule has 238 valence electrons. The molecule has 2 rings (SSSR count). The van der Waals surface area contributed by atoms with Crippen LogP contribution in [0.4, 0.5) is 0 Å². The number of carbonyl (C=O) groups excluding carboxylic acids is 3. The Morgan fingerprint density at radius 1 is 0.636 bits per heavy atom. The highest BCUT2D eigenvalue weighted by atomic mass is 16.6. The number of allylic oxidation sites excluding steroid dienone is 3. The van der Waals surface area contributed by atoms with Crippen LogP contribution in [-0.2, 0) is 34.0 Å². The van der Waals surface area contributed by atoms with Crippen molar-refractivity contribution >= 4 is 17.9 Å². The van der Waals surface area contributed by atoms with Crippen molar-refractivity contribution in [3.05, 3.63) is 95.0 Å². The molecule has 0 amide bonds. The van der Waals surface area contributed by atoms with Gasteiger partial charge in [-0.2, -0.15) is 0 Å². The van der Waals surface area contributed by atoms with E-state index in [2.05, 4.69) is 0 Å². The predicted molar refractivity (Wildman–Crippen MR) is 165 cm³/mol. The second-order valence-corrected chi connectivity index (χ2v) is 9.95. The average molecular weight is 611 g/mol. The summed E-state index contributed by atoms with van der Waals surface area (Å²) in [5.41, 5.74) is 1.60. The molecule has 2 aromatic carbocycles. The predicted octanol–water partition coefficient (Wildman–Crippen LogP) is 6.05. The van der Waals surface area contributed by atoms with Crippen molar-refractivity contribution in [2.24, 2.45) is 0 Å². The van der Waals surface area contributed by atoms with Crippen molar-refractivity contribution in [2.75, 3.05) is 33.0 Å². The third-order valence-corrected chi connectivity index (χ3v) is 6.78. The Morgan fingerprint density at radius 2 is 1.05 bits per heavy atom. The summed E-state index contributed by atoms with van der Waals surface area (Å²) in [5, 5.41) is 18.7. The summed E-state index contributed by atoms with van der Waals surface area (Å²) < 4.78 is 27.2. The Labute approximate surface area is 258 Å². The summed E-state index contributed by atoms with van der Waals surface area (Å²) in [6.45, 7) is 9.47. The number of hydrogen-bond donors (Lipinski definition) is 2. The van der Waals surface area contributed by atoms with Gasteiger partial charge in [0.15, 0.2) is 11.5 Å². The van der Waals surface area contributed by atoms with E-state index in [9.17, 15) is 24.6 Å². The Balaban J connectivity index is 2.07. The first kappa shape index (κ1) is 35.5. The fourth-order valence-electron chi connectivity index (χ4n) is 3.82. The highest BCUT2D eigenvalue weighted by molar-refractivity contribution is 5.87. The molecule has 0 atom stereocenters. The molecule has 0 heterocycles. The molecule has 0 fully saturated rings. The molecule has 0 aliphatic rings. The van der Waals surface area contributed by atoms with Crippen LogP contribution in [0.3, 0.4) is 0 Å². The van der Waals surface area contributed by atoms with Gasteiger partial charge in [-0.25, -0.2) is 14.4 Å². The van der Waals surface area contributed by atoms with E-state index in [0.29, 0.717) is 43.1 Å². The molecule has 0 unspecified atom stereocenters. The minimum Gasteiger partial charge on any atom is -0.502 e. The van der Waals surface area contributed by atoms with Crippen molar-refractivity contribution in [3.63, 3.8) is 0 Å². The van der Waals surface area contributed by atoms with Crippen LogP contribution in [0.1, 0.15) is 58.6 Å². The second kappa shape index (κ2) is 18.0. The van der Waals surface area contributed by atoms with Gasteiger partial charge in [-0.1, -0.05) is 30.3 Å². The van der Waals surface area contributed by atoms with E-state index in [4.69, 9.17) is 23.7 Å². The van der Waals surface area contributed by atoms with E-state index in [-0.39, 0.29) is 19.8 Å². The molecule has 10 nitrogen and oxygen atoms in total. The molecular formula is C34H42O10. The number of aliphatic hydroxyl groups is 2. The Hall–Kier alpha value is -4.73. The summed E-state index contributed by atoms with van der Waals surface area (Å²) in [4.78, 5) is 35.5. The maximum atomic E-state index is 12.5. The lowest BCUT2D eigenvalue weighted by atomic mass is 9.77. The van der Waals surface area contributed by atoms with E-state index in [1.807, 2.05) is 55.5 Å². The zero-order valence-corrected chi connectivity index (χ0v) is 26.0. The SMILES string of the molecule is CC=C(C)C(=O)OCC(C)(c1ccc(OCCCOC(=O)C(O)=CC)cc1)c1ccc(OCCCOC(=O)C(O)=CC)cc1. The van der Waals surface area contributed by atoms with Crippen molar-refractivity contribution < 1.29 is 48.3 Å². The Morgan fingerprint density at radius 3 is 1.41 bits per heavy atom. The molecule has 2 N–H and O–H groups in total. The lowest BCUT2D eigenvalue weighted by Gasteiger charge is -2.31. The lowest BCUT2D eigenvalue weighted by molar-refractivity contribution is -0.143. The summed E-state index contributed by atoms with van der Waals surface area (Å²) in [7, 11) is 0. The molecule has 0 bridgehead atoms. The quantitative estimate of drug-likeness (QED) is 0.0716. The zero-order chi connectivity index (χ0) is 32.5. The van der Waals surface area contributed by atoms with E-state index >= 15 is 0 Å². The first-order valence-corrected chi connectivity index (χ1v) is 14.4.